The maximum absolute atomic E-state index is 11.8. The normalized spacial score (nSPS) is 17.5. The van der Waals surface area contributed by atoms with Crippen LogP contribution in [-0.4, -0.2) is 59.2 Å². The highest BCUT2D eigenvalue weighted by atomic mass is 35.5. The molecular weight excluding hydrogens is 671 g/mol. The van der Waals surface area contributed by atoms with Gasteiger partial charge in [0.1, 0.15) is 0 Å². The summed E-state index contributed by atoms with van der Waals surface area (Å²) in [6.07, 6.45) is 5.03. The fraction of sp³-hybridized carbons (Fsp3) is 0.308. The van der Waals surface area contributed by atoms with Crippen molar-refractivity contribution in [3.8, 4) is 39.4 Å². The number of nitrogens with zero attached hydrogens (tertiary/aromatic N) is 3. The summed E-state index contributed by atoms with van der Waals surface area (Å²) in [5, 5.41) is 11.8. The summed E-state index contributed by atoms with van der Waals surface area (Å²) in [7, 11) is 5.72. The minimum atomic E-state index is 0.0576. The van der Waals surface area contributed by atoms with Gasteiger partial charge in [0.25, 0.3) is 0 Å². The molecule has 0 saturated carbocycles. The van der Waals surface area contributed by atoms with Crippen LogP contribution in [0.1, 0.15) is 36.8 Å². The zero-order valence-corrected chi connectivity index (χ0v) is 29.9. The smallest absolute Gasteiger partial charge is 0.221 e. The van der Waals surface area contributed by atoms with Crippen LogP contribution >= 0.6 is 23.2 Å². The van der Waals surface area contributed by atoms with E-state index in [1.807, 2.05) is 48.5 Å². The molecule has 2 aliphatic heterocycles. The van der Waals surface area contributed by atoms with E-state index in [1.54, 1.807) is 7.11 Å². The van der Waals surface area contributed by atoms with Crippen LogP contribution < -0.4 is 20.7 Å². The lowest BCUT2D eigenvalue weighted by Crippen LogP contribution is -2.39. The van der Waals surface area contributed by atoms with Crippen molar-refractivity contribution < 1.29 is 14.3 Å². The molecule has 0 aliphatic carbocycles. The van der Waals surface area contributed by atoms with E-state index >= 15 is 0 Å². The van der Waals surface area contributed by atoms with Crippen molar-refractivity contribution in [3.63, 3.8) is 0 Å². The molecule has 7 rings (SSSR count). The molecule has 2 fully saturated rings. The average Bonchev–Trinajstić information content (AvgIpc) is 3.83. The van der Waals surface area contributed by atoms with Crippen LogP contribution in [0.4, 0.5) is 0 Å². The fourth-order valence-electron chi connectivity index (χ4n) is 7.11. The minimum absolute atomic E-state index is 0.0576. The van der Waals surface area contributed by atoms with Crippen LogP contribution in [0.2, 0.25) is 10.0 Å². The Kier molecular flexibility index (Phi) is 9.84. The number of methoxy groups -OCH3 is 1. The molecule has 2 aromatic heterocycles. The molecule has 0 bridgehead atoms. The highest BCUT2D eigenvalue weighted by Gasteiger charge is 2.25. The number of nitrogens with one attached hydrogen (secondary N) is 3. The SMILES string of the molecule is COc1nc(-c2cccc(-c3cccc(-c4ccc5c(CN(C)[C@H]6CCC(=O)N6)cn(C)c5c4)c3Cl)c2Cl)ccc1CNC[C@@H]1CCC(=O)N1. The van der Waals surface area contributed by atoms with Crippen molar-refractivity contribution in [1.29, 1.82) is 0 Å². The van der Waals surface area contributed by atoms with Gasteiger partial charge in [-0.2, -0.15) is 0 Å². The first-order chi connectivity index (χ1) is 24.2. The molecule has 3 aromatic carbocycles. The van der Waals surface area contributed by atoms with Crippen molar-refractivity contribution in [3.05, 3.63) is 94.1 Å². The Bertz CT molecular complexity index is 2100. The number of aryl methyl sites for hydroxylation is 1. The third-order valence-corrected chi connectivity index (χ3v) is 10.6. The van der Waals surface area contributed by atoms with Gasteiger partial charge in [0.15, 0.2) is 0 Å². The van der Waals surface area contributed by atoms with E-state index < -0.39 is 0 Å². The maximum atomic E-state index is 11.8. The Hall–Kier alpha value is -4.41. The van der Waals surface area contributed by atoms with Gasteiger partial charge in [0.05, 0.1) is 29.0 Å². The van der Waals surface area contributed by atoms with Crippen LogP contribution in [0.15, 0.2) is 72.9 Å². The van der Waals surface area contributed by atoms with Gasteiger partial charge in [-0.25, -0.2) is 4.98 Å². The largest absolute Gasteiger partial charge is 0.481 e. The molecule has 9 nitrogen and oxygen atoms in total. The number of carbonyl (C=O) groups excluding carboxylic acids is 2. The lowest BCUT2D eigenvalue weighted by atomic mass is 9.96. The van der Waals surface area contributed by atoms with E-state index in [1.165, 1.54) is 10.9 Å². The first-order valence-corrected chi connectivity index (χ1v) is 17.7. The molecule has 0 unspecified atom stereocenters. The minimum Gasteiger partial charge on any atom is -0.481 e. The van der Waals surface area contributed by atoms with Gasteiger partial charge in [-0.3, -0.25) is 14.5 Å². The van der Waals surface area contributed by atoms with Gasteiger partial charge in [-0.05, 0) is 43.1 Å². The Morgan fingerprint density at radius 2 is 1.60 bits per heavy atom. The number of amides is 2. The molecule has 2 amide bonds. The quantitative estimate of drug-likeness (QED) is 0.138. The molecule has 4 heterocycles. The zero-order chi connectivity index (χ0) is 34.9. The summed E-state index contributed by atoms with van der Waals surface area (Å²) in [5.41, 5.74) is 8.25. The number of aromatic nitrogens is 2. The monoisotopic (exact) mass is 710 g/mol. The van der Waals surface area contributed by atoms with Crippen molar-refractivity contribution in [2.45, 2.75) is 51.0 Å². The second-order valence-corrected chi connectivity index (χ2v) is 13.9. The Morgan fingerprint density at radius 3 is 2.30 bits per heavy atom. The van der Waals surface area contributed by atoms with E-state index in [0.717, 1.165) is 58.3 Å². The summed E-state index contributed by atoms with van der Waals surface area (Å²) in [5.74, 6) is 0.733. The van der Waals surface area contributed by atoms with Gasteiger partial charge in [-0.15, -0.1) is 0 Å². The molecule has 2 atom stereocenters. The van der Waals surface area contributed by atoms with E-state index in [9.17, 15) is 9.59 Å². The van der Waals surface area contributed by atoms with Crippen LogP contribution in [0.25, 0.3) is 44.4 Å². The Labute approximate surface area is 301 Å². The molecule has 0 spiro atoms. The van der Waals surface area contributed by atoms with Crippen molar-refractivity contribution in [2.24, 2.45) is 7.05 Å². The Balaban J connectivity index is 1.13. The zero-order valence-electron chi connectivity index (χ0n) is 28.4. The number of fused-ring (bicyclic) bond motifs is 1. The van der Waals surface area contributed by atoms with Gasteiger partial charge in [0, 0.05) is 90.5 Å². The number of carbonyl (C=O) groups is 2. The molecule has 2 saturated heterocycles. The number of rotatable bonds is 11. The summed E-state index contributed by atoms with van der Waals surface area (Å²) in [6, 6.07) is 22.4. The lowest BCUT2D eigenvalue weighted by molar-refractivity contribution is -0.120. The van der Waals surface area contributed by atoms with Crippen molar-refractivity contribution in [1.82, 2.24) is 30.4 Å². The predicted octanol–water partition coefficient (Wildman–Crippen LogP) is 6.93. The van der Waals surface area contributed by atoms with Gasteiger partial charge in [-0.1, -0.05) is 77.8 Å². The fourth-order valence-corrected chi connectivity index (χ4v) is 7.77. The predicted molar refractivity (Wildman–Crippen MR) is 199 cm³/mol. The molecule has 11 heteroatoms. The highest BCUT2D eigenvalue weighted by molar-refractivity contribution is 6.39. The van der Waals surface area contributed by atoms with E-state index in [4.69, 9.17) is 32.9 Å². The molecule has 3 N–H and O–H groups in total. The lowest BCUT2D eigenvalue weighted by Gasteiger charge is -2.23. The molecule has 2 aliphatic rings. The molecule has 258 valence electrons. The molecule has 50 heavy (non-hydrogen) atoms. The summed E-state index contributed by atoms with van der Waals surface area (Å²) >= 11 is 14.3. The van der Waals surface area contributed by atoms with Gasteiger partial charge >= 0.3 is 0 Å². The average molecular weight is 712 g/mol. The third-order valence-electron chi connectivity index (χ3n) is 9.80. The summed E-state index contributed by atoms with van der Waals surface area (Å²) in [4.78, 5) is 30.3. The summed E-state index contributed by atoms with van der Waals surface area (Å²) < 4.78 is 7.81. The third kappa shape index (κ3) is 6.83. The van der Waals surface area contributed by atoms with Crippen molar-refractivity contribution >= 4 is 45.9 Å². The number of hydrogen-bond donors (Lipinski definition) is 3. The Morgan fingerprint density at radius 1 is 0.900 bits per heavy atom. The van der Waals surface area contributed by atoms with E-state index in [-0.39, 0.29) is 24.0 Å². The summed E-state index contributed by atoms with van der Waals surface area (Å²) in [6.45, 7) is 1.98. The second kappa shape index (κ2) is 14.4. The number of halogens is 2. The first-order valence-electron chi connectivity index (χ1n) is 16.9. The molecule has 5 aromatic rings. The van der Waals surface area contributed by atoms with E-state index in [2.05, 4.69) is 63.9 Å². The number of hydrogen-bond acceptors (Lipinski definition) is 6. The second-order valence-electron chi connectivity index (χ2n) is 13.2. The van der Waals surface area contributed by atoms with E-state index in [0.29, 0.717) is 47.6 Å². The highest BCUT2D eigenvalue weighted by Crippen LogP contribution is 2.43. The maximum Gasteiger partial charge on any atom is 0.221 e. The first kappa shape index (κ1) is 34.1. The van der Waals surface area contributed by atoms with Gasteiger partial charge < -0.3 is 25.3 Å². The van der Waals surface area contributed by atoms with Crippen molar-refractivity contribution in [2.75, 3.05) is 20.7 Å². The number of pyridine rings is 1. The molecule has 0 radical (unpaired) electrons. The van der Waals surface area contributed by atoms with Crippen LogP contribution in [0, 0.1) is 0 Å². The van der Waals surface area contributed by atoms with Gasteiger partial charge in [0.2, 0.25) is 17.7 Å². The molecular formula is C39H40Cl2N6O3. The standard InChI is InChI=1S/C39H40Cl2N6O3/c1-46-21-25(22-47(2)34-15-17-36(49)45-34)27-13-10-23(18-33(27)46)28-6-4-7-29(37(28)40)30-8-5-9-31(38(30)41)32-14-11-24(39(44-32)50-3)19-42-20-26-12-16-35(48)43-26/h4-11,13-14,18,21,26,34,42H,12,15-17,19-20,22H2,1-3H3,(H,43,48)(H,45,49)/t26-,34-/m0/s1. The number of ether oxygens (including phenoxy) is 1. The topological polar surface area (TPSA) is 101 Å². The van der Waals surface area contributed by atoms with Crippen LogP contribution in [0.5, 0.6) is 5.88 Å². The number of benzene rings is 3. The van der Waals surface area contributed by atoms with Crippen LogP contribution in [0.3, 0.4) is 0 Å². The van der Waals surface area contributed by atoms with Crippen LogP contribution in [-0.2, 0) is 29.7 Å².